The molecule has 4 N–H and O–H groups in total. The Labute approximate surface area is 194 Å². The van der Waals surface area contributed by atoms with Crippen LogP contribution in [-0.4, -0.2) is 36.2 Å². The molecule has 1 fully saturated rings. The molecule has 2 aromatic rings. The Morgan fingerprint density at radius 3 is 2.45 bits per heavy atom. The third kappa shape index (κ3) is 7.82. The van der Waals surface area contributed by atoms with E-state index in [1.54, 1.807) is 24.3 Å². The Morgan fingerprint density at radius 2 is 1.79 bits per heavy atom. The van der Waals surface area contributed by atoms with Crippen LogP contribution in [0.3, 0.4) is 0 Å². The first-order valence-electron chi connectivity index (χ1n) is 11.4. The van der Waals surface area contributed by atoms with Crippen LogP contribution in [0, 0.1) is 11.8 Å². The summed E-state index contributed by atoms with van der Waals surface area (Å²) in [4.78, 5) is 27.8. The molecule has 0 bridgehead atoms. The van der Waals surface area contributed by atoms with Crippen molar-refractivity contribution in [3.05, 3.63) is 54.1 Å². The molecule has 1 saturated carbocycles. The number of anilines is 1. The summed E-state index contributed by atoms with van der Waals surface area (Å²) in [5.41, 5.74) is 0.907. The van der Waals surface area contributed by atoms with Gasteiger partial charge in [-0.3, -0.25) is 10.3 Å². The van der Waals surface area contributed by atoms with Crippen molar-refractivity contribution in [2.24, 2.45) is 16.8 Å². The minimum absolute atomic E-state index is 0.162. The molecule has 0 unspecified atom stereocenters. The molecule has 0 heterocycles. The van der Waals surface area contributed by atoms with Gasteiger partial charge in [0.15, 0.2) is 0 Å². The van der Waals surface area contributed by atoms with Gasteiger partial charge in [0, 0.05) is 18.8 Å². The van der Waals surface area contributed by atoms with E-state index in [-0.39, 0.29) is 11.6 Å². The molecule has 0 atom stereocenters. The fourth-order valence-electron chi connectivity index (χ4n) is 3.73. The number of urea groups is 1. The lowest BCUT2D eigenvalue weighted by Crippen LogP contribution is -2.42. The zero-order chi connectivity index (χ0) is 23.6. The van der Waals surface area contributed by atoms with Gasteiger partial charge < -0.3 is 20.5 Å². The number of carboxylic acid groups (broad SMARTS) is 1. The highest BCUT2D eigenvalue weighted by Gasteiger charge is 2.18. The summed E-state index contributed by atoms with van der Waals surface area (Å²) in [5.74, 6) is 1.72. The van der Waals surface area contributed by atoms with Crippen LogP contribution in [0.4, 0.5) is 10.5 Å². The van der Waals surface area contributed by atoms with E-state index in [1.807, 2.05) is 19.1 Å². The normalized spacial score (nSPS) is 18.3. The number of hydrogen-bond donors (Lipinski definition) is 4. The van der Waals surface area contributed by atoms with Crippen LogP contribution in [0.15, 0.2) is 53.5 Å². The largest absolute Gasteiger partial charge is 0.478 e. The van der Waals surface area contributed by atoms with E-state index in [9.17, 15) is 9.59 Å². The summed E-state index contributed by atoms with van der Waals surface area (Å²) in [6.45, 7) is 5.34. The van der Waals surface area contributed by atoms with Gasteiger partial charge in [0.2, 0.25) is 5.96 Å². The zero-order valence-corrected chi connectivity index (χ0v) is 19.1. The first-order valence-corrected chi connectivity index (χ1v) is 11.4. The number of hydrogen-bond acceptors (Lipinski definition) is 4. The molecule has 0 aromatic heterocycles. The molecule has 1 aliphatic carbocycles. The highest BCUT2D eigenvalue weighted by atomic mass is 16.5. The van der Waals surface area contributed by atoms with E-state index in [4.69, 9.17) is 9.84 Å². The lowest BCUT2D eigenvalue weighted by Gasteiger charge is -2.25. The van der Waals surface area contributed by atoms with Crippen molar-refractivity contribution in [1.29, 1.82) is 0 Å². The van der Waals surface area contributed by atoms with Gasteiger partial charge in [-0.05, 0) is 74.1 Å². The Balaban J connectivity index is 1.64. The van der Waals surface area contributed by atoms with Gasteiger partial charge in [-0.1, -0.05) is 25.8 Å². The van der Waals surface area contributed by atoms with Gasteiger partial charge in [-0.15, -0.1) is 0 Å². The zero-order valence-electron chi connectivity index (χ0n) is 19.1. The Morgan fingerprint density at radius 1 is 1.06 bits per heavy atom. The van der Waals surface area contributed by atoms with Crippen molar-refractivity contribution in [3.63, 3.8) is 0 Å². The molecule has 0 radical (unpaired) electrons. The van der Waals surface area contributed by atoms with Crippen LogP contribution in [0.1, 0.15) is 49.9 Å². The number of ether oxygens (including phenoxy) is 1. The second kappa shape index (κ2) is 11.9. The van der Waals surface area contributed by atoms with Crippen molar-refractivity contribution in [1.82, 2.24) is 10.6 Å². The third-order valence-corrected chi connectivity index (χ3v) is 5.65. The second-order valence-corrected chi connectivity index (χ2v) is 8.38. The molecule has 0 spiro atoms. The highest BCUT2D eigenvalue weighted by Crippen LogP contribution is 2.28. The monoisotopic (exact) mass is 452 g/mol. The summed E-state index contributed by atoms with van der Waals surface area (Å²) in [6, 6.07) is 13.2. The Bertz CT molecular complexity index is 967. The maximum atomic E-state index is 12.1. The number of aromatic carboxylic acids is 1. The first-order chi connectivity index (χ1) is 15.9. The minimum Gasteiger partial charge on any atom is -0.478 e. The molecule has 176 valence electrons. The summed E-state index contributed by atoms with van der Waals surface area (Å²) >= 11 is 0. The van der Waals surface area contributed by atoms with Crippen LogP contribution in [0.25, 0.3) is 0 Å². The van der Waals surface area contributed by atoms with Crippen LogP contribution >= 0.6 is 0 Å². The van der Waals surface area contributed by atoms with E-state index in [2.05, 4.69) is 27.9 Å². The predicted octanol–water partition coefficient (Wildman–Crippen LogP) is 5.09. The van der Waals surface area contributed by atoms with E-state index in [0.717, 1.165) is 24.4 Å². The third-order valence-electron chi connectivity index (χ3n) is 5.65. The summed E-state index contributed by atoms with van der Waals surface area (Å²) < 4.78 is 5.76. The smallest absolute Gasteiger partial charge is 0.335 e. The lowest BCUT2D eigenvalue weighted by molar-refractivity contribution is 0.0696. The van der Waals surface area contributed by atoms with Gasteiger partial charge in [0.25, 0.3) is 0 Å². The van der Waals surface area contributed by atoms with Gasteiger partial charge >= 0.3 is 12.0 Å². The summed E-state index contributed by atoms with van der Waals surface area (Å²) in [7, 11) is 0. The number of nitrogens with one attached hydrogen (secondary N) is 3. The van der Waals surface area contributed by atoms with Crippen LogP contribution in [0.5, 0.6) is 11.5 Å². The van der Waals surface area contributed by atoms with Gasteiger partial charge in [0.05, 0.1) is 5.56 Å². The Kier molecular flexibility index (Phi) is 8.69. The van der Waals surface area contributed by atoms with Crippen molar-refractivity contribution in [3.8, 4) is 11.5 Å². The number of carbonyl (C=O) groups excluding carboxylic acids is 1. The van der Waals surface area contributed by atoms with Crippen molar-refractivity contribution >= 4 is 23.6 Å². The topological polar surface area (TPSA) is 112 Å². The molecule has 3 rings (SSSR count). The maximum Gasteiger partial charge on any atom is 0.335 e. The van der Waals surface area contributed by atoms with Crippen molar-refractivity contribution in [2.45, 2.75) is 39.5 Å². The van der Waals surface area contributed by atoms with E-state index in [0.29, 0.717) is 36.5 Å². The quantitative estimate of drug-likeness (QED) is 0.345. The summed E-state index contributed by atoms with van der Waals surface area (Å²) in [6.07, 6.45) is 4.77. The number of amides is 2. The first kappa shape index (κ1) is 24.1. The van der Waals surface area contributed by atoms with Gasteiger partial charge in [-0.2, -0.15) is 0 Å². The van der Waals surface area contributed by atoms with Crippen molar-refractivity contribution < 1.29 is 19.4 Å². The average molecular weight is 453 g/mol. The van der Waals surface area contributed by atoms with Crippen LogP contribution in [-0.2, 0) is 0 Å². The van der Waals surface area contributed by atoms with E-state index in [1.165, 1.54) is 25.0 Å². The molecule has 2 amide bonds. The standard InChI is InChI=1S/C25H32N4O4/c1-3-26-25(32)29-24(27-16-18-9-7-17(2)8-10-18)28-20-11-13-21(14-12-20)33-22-6-4-5-19(15-22)23(30)31/h4-6,11-15,17-18H,3,7-10,16H2,1-2H3,(H,30,31)(H3,26,27,28,29,32). The number of aliphatic imine (C=N–C) groups is 1. The SMILES string of the molecule is CCNC(=O)NC(=NCC1CCC(C)CC1)Nc1ccc(Oc2cccc(C(=O)O)c2)cc1. The van der Waals surface area contributed by atoms with Gasteiger partial charge in [-0.25, -0.2) is 9.59 Å². The number of nitrogens with zero attached hydrogens (tertiary/aromatic N) is 1. The van der Waals surface area contributed by atoms with E-state index < -0.39 is 5.97 Å². The molecule has 1 aliphatic rings. The number of carbonyl (C=O) groups is 2. The molecular formula is C25H32N4O4. The molecule has 0 aliphatic heterocycles. The van der Waals surface area contributed by atoms with Gasteiger partial charge in [0.1, 0.15) is 11.5 Å². The second-order valence-electron chi connectivity index (χ2n) is 8.38. The predicted molar refractivity (Wildman–Crippen MR) is 129 cm³/mol. The fourth-order valence-corrected chi connectivity index (χ4v) is 3.73. The lowest BCUT2D eigenvalue weighted by atomic mass is 9.83. The maximum absolute atomic E-state index is 12.1. The fraction of sp³-hybridized carbons (Fsp3) is 0.400. The average Bonchev–Trinajstić information content (AvgIpc) is 2.80. The number of guanidine groups is 1. The molecule has 8 heteroatoms. The van der Waals surface area contributed by atoms with E-state index >= 15 is 0 Å². The van der Waals surface area contributed by atoms with Crippen LogP contribution < -0.4 is 20.7 Å². The number of carboxylic acids is 1. The van der Waals surface area contributed by atoms with Crippen molar-refractivity contribution in [2.75, 3.05) is 18.4 Å². The molecule has 0 saturated heterocycles. The number of benzene rings is 2. The number of rotatable bonds is 7. The molecule has 8 nitrogen and oxygen atoms in total. The highest BCUT2D eigenvalue weighted by molar-refractivity contribution is 6.03. The molecule has 2 aromatic carbocycles. The molecular weight excluding hydrogens is 420 g/mol. The molecule has 33 heavy (non-hydrogen) atoms. The Hall–Kier alpha value is -3.55. The summed E-state index contributed by atoms with van der Waals surface area (Å²) in [5, 5.41) is 17.8. The minimum atomic E-state index is -1.01. The van der Waals surface area contributed by atoms with Crippen LogP contribution in [0.2, 0.25) is 0 Å².